The summed E-state index contributed by atoms with van der Waals surface area (Å²) >= 11 is 0. The molecule has 29 heavy (non-hydrogen) atoms. The molecule has 2 aromatic rings. The Hall–Kier alpha value is -2.24. The van der Waals surface area contributed by atoms with E-state index in [1.807, 2.05) is 18.2 Å². The Kier molecular flexibility index (Phi) is 5.70. The van der Waals surface area contributed by atoms with Crippen molar-refractivity contribution >= 4 is 16.8 Å². The van der Waals surface area contributed by atoms with Gasteiger partial charge in [0.2, 0.25) is 0 Å². The number of pyridine rings is 1. The maximum atomic E-state index is 11.4. The number of fused-ring (bicyclic) bond motifs is 4. The molecule has 3 fully saturated rings. The van der Waals surface area contributed by atoms with Gasteiger partial charge < -0.3 is 9.84 Å². The lowest BCUT2D eigenvalue weighted by molar-refractivity contribution is -0.0444. The zero-order chi connectivity index (χ0) is 20.5. The molecule has 4 heterocycles. The molecular weight excluding hydrogens is 362 g/mol. The molecule has 3 aliphatic heterocycles. The minimum Gasteiger partial charge on any atom is -0.484 e. The Bertz CT molecular complexity index is 912. The number of methoxy groups -OCH3 is 1. The predicted octanol–water partition coefficient (Wildman–Crippen LogP) is 4.28. The van der Waals surface area contributed by atoms with Gasteiger partial charge in [0.25, 0.3) is 0 Å². The molecule has 0 aliphatic carbocycles. The molecule has 2 N–H and O–H groups in total. The summed E-state index contributed by atoms with van der Waals surface area (Å²) in [6.07, 6.45) is 6.32. The quantitative estimate of drug-likeness (QED) is 0.437. The van der Waals surface area contributed by atoms with Crippen LogP contribution in [0.5, 0.6) is 0 Å². The van der Waals surface area contributed by atoms with Crippen LogP contribution in [0.3, 0.4) is 0 Å². The predicted molar refractivity (Wildman–Crippen MR) is 116 cm³/mol. The smallest absolute Gasteiger partial charge is 0.187 e. The van der Waals surface area contributed by atoms with E-state index in [1.165, 1.54) is 6.42 Å². The Morgan fingerprint density at radius 3 is 2.93 bits per heavy atom. The highest BCUT2D eigenvalue weighted by molar-refractivity contribution is 5.86. The van der Waals surface area contributed by atoms with Gasteiger partial charge in [-0.05, 0) is 67.0 Å². The Balaban J connectivity index is 1.69. The van der Waals surface area contributed by atoms with Crippen LogP contribution < -0.4 is 0 Å². The van der Waals surface area contributed by atoms with Crippen LogP contribution >= 0.6 is 0 Å². The summed E-state index contributed by atoms with van der Waals surface area (Å²) < 4.78 is 5.20. The van der Waals surface area contributed by atoms with Crippen LogP contribution in [0.1, 0.15) is 49.3 Å². The van der Waals surface area contributed by atoms with Gasteiger partial charge >= 0.3 is 0 Å². The molecule has 2 bridgehead atoms. The molecular formula is C24H31N3O2. The van der Waals surface area contributed by atoms with Gasteiger partial charge in [-0.1, -0.05) is 19.1 Å². The van der Waals surface area contributed by atoms with Gasteiger partial charge in [0, 0.05) is 24.2 Å². The minimum absolute atomic E-state index is 0.0857. The largest absolute Gasteiger partial charge is 0.484 e. The molecule has 0 radical (unpaired) electrons. The monoisotopic (exact) mass is 393 g/mol. The number of piperidine rings is 3. The van der Waals surface area contributed by atoms with E-state index in [4.69, 9.17) is 10.1 Å². The lowest BCUT2D eigenvalue weighted by Crippen LogP contribution is -2.54. The van der Waals surface area contributed by atoms with Crippen LogP contribution in [0.4, 0.5) is 0 Å². The number of ether oxygens (including phenoxy) is 1. The van der Waals surface area contributed by atoms with Gasteiger partial charge in [-0.2, -0.15) is 0 Å². The number of aliphatic hydroxyl groups is 1. The lowest BCUT2D eigenvalue weighted by atomic mass is 9.73. The number of benzene rings is 1. The van der Waals surface area contributed by atoms with Crippen LogP contribution in [0, 0.1) is 17.2 Å². The van der Waals surface area contributed by atoms with E-state index >= 15 is 0 Å². The highest BCUT2D eigenvalue weighted by Gasteiger charge is 2.42. The third kappa shape index (κ3) is 3.58. The fraction of sp³-hybridized carbons (Fsp3) is 0.500. The first kappa shape index (κ1) is 20.0. The topological polar surface area (TPSA) is 69.4 Å². The zero-order valence-electron chi connectivity index (χ0n) is 17.3. The van der Waals surface area contributed by atoms with Crippen molar-refractivity contribution < 1.29 is 9.84 Å². The molecule has 0 amide bonds. The summed E-state index contributed by atoms with van der Waals surface area (Å²) in [7, 11) is 1.55. The fourth-order valence-corrected chi connectivity index (χ4v) is 5.29. The van der Waals surface area contributed by atoms with Crippen molar-refractivity contribution in [2.45, 2.75) is 44.2 Å². The number of rotatable bonds is 6. The molecule has 0 spiro atoms. The standard InChI is InChI=1S/C24H31N3O2/c1-4-15-14-27-11-9-16(15)13-22(27)23(28)19-8-10-26-21-7-6-17(12-20(19)21)18(5-2)24(25)29-3/h4,6-8,10,12,15-16,18,22-23,25,28H,1,5,9,11,13-14H2,2-3H3/t15-,16-,18?,22+,23?/m0/s1. The molecule has 3 saturated heterocycles. The van der Waals surface area contributed by atoms with E-state index in [1.54, 1.807) is 13.3 Å². The van der Waals surface area contributed by atoms with E-state index in [2.05, 4.69) is 35.5 Å². The molecule has 0 saturated carbocycles. The second-order valence-electron chi connectivity index (χ2n) is 8.40. The molecule has 154 valence electrons. The average molecular weight is 394 g/mol. The van der Waals surface area contributed by atoms with Crippen LogP contribution in [0.15, 0.2) is 43.1 Å². The van der Waals surface area contributed by atoms with E-state index in [9.17, 15) is 5.11 Å². The van der Waals surface area contributed by atoms with Crippen molar-refractivity contribution in [3.8, 4) is 0 Å². The molecule has 3 aliphatic rings. The molecule has 3 unspecified atom stereocenters. The third-order valence-electron chi connectivity index (χ3n) is 6.98. The van der Waals surface area contributed by atoms with E-state index in [0.29, 0.717) is 11.8 Å². The van der Waals surface area contributed by atoms with Crippen molar-refractivity contribution in [3.05, 3.63) is 54.2 Å². The van der Waals surface area contributed by atoms with Crippen LogP contribution in [-0.4, -0.2) is 47.1 Å². The van der Waals surface area contributed by atoms with Gasteiger partial charge in [-0.3, -0.25) is 15.3 Å². The van der Waals surface area contributed by atoms with Gasteiger partial charge in [-0.25, -0.2) is 0 Å². The molecule has 6 atom stereocenters. The summed E-state index contributed by atoms with van der Waals surface area (Å²) in [5.74, 6) is 1.34. The number of aliphatic hydroxyl groups excluding tert-OH is 1. The van der Waals surface area contributed by atoms with Crippen LogP contribution in [0.25, 0.3) is 10.9 Å². The normalized spacial score (nSPS) is 28.1. The molecule has 1 aromatic carbocycles. The zero-order valence-corrected chi connectivity index (χ0v) is 17.3. The molecule has 1 aromatic heterocycles. The molecule has 5 nitrogen and oxygen atoms in total. The first-order valence-electron chi connectivity index (χ1n) is 10.6. The Labute approximate surface area is 172 Å². The summed E-state index contributed by atoms with van der Waals surface area (Å²) in [5, 5.41) is 20.5. The van der Waals surface area contributed by atoms with E-state index < -0.39 is 6.10 Å². The van der Waals surface area contributed by atoms with Crippen molar-refractivity contribution in [1.82, 2.24) is 9.88 Å². The summed E-state index contributed by atoms with van der Waals surface area (Å²) in [6, 6.07) is 8.19. The number of hydrogen-bond acceptors (Lipinski definition) is 5. The van der Waals surface area contributed by atoms with Gasteiger partial charge in [0.15, 0.2) is 5.90 Å². The molecule has 5 rings (SSSR count). The fourth-order valence-electron chi connectivity index (χ4n) is 5.29. The van der Waals surface area contributed by atoms with Gasteiger partial charge in [0.05, 0.1) is 24.6 Å². The van der Waals surface area contributed by atoms with Crippen molar-refractivity contribution in [1.29, 1.82) is 5.41 Å². The Morgan fingerprint density at radius 2 is 2.28 bits per heavy atom. The first-order valence-corrected chi connectivity index (χ1v) is 10.6. The number of nitrogens with one attached hydrogen (secondary N) is 1. The second-order valence-corrected chi connectivity index (χ2v) is 8.40. The minimum atomic E-state index is -0.550. The summed E-state index contributed by atoms with van der Waals surface area (Å²) in [4.78, 5) is 6.94. The Morgan fingerprint density at radius 1 is 1.45 bits per heavy atom. The lowest BCUT2D eigenvalue weighted by Gasteiger charge is -2.50. The van der Waals surface area contributed by atoms with E-state index in [0.717, 1.165) is 48.0 Å². The van der Waals surface area contributed by atoms with E-state index in [-0.39, 0.29) is 17.9 Å². The number of aromatic nitrogens is 1. The van der Waals surface area contributed by atoms with Gasteiger partial charge in [-0.15, -0.1) is 6.58 Å². The van der Waals surface area contributed by atoms with Gasteiger partial charge in [0.1, 0.15) is 0 Å². The van der Waals surface area contributed by atoms with Crippen LogP contribution in [0.2, 0.25) is 0 Å². The highest BCUT2D eigenvalue weighted by atomic mass is 16.5. The highest BCUT2D eigenvalue weighted by Crippen LogP contribution is 2.42. The number of nitrogens with zero attached hydrogens (tertiary/aromatic N) is 2. The SMILES string of the molecule is C=C[C@H]1CN2CC[C@H]1C[C@@H]2C(O)c1ccnc2ccc(C(CC)C(=N)OC)cc12. The van der Waals surface area contributed by atoms with Crippen LogP contribution in [-0.2, 0) is 4.74 Å². The summed E-state index contributed by atoms with van der Waals surface area (Å²) in [6.45, 7) is 8.10. The maximum absolute atomic E-state index is 11.4. The summed E-state index contributed by atoms with van der Waals surface area (Å²) in [5.41, 5.74) is 2.85. The third-order valence-corrected chi connectivity index (χ3v) is 6.98. The van der Waals surface area contributed by atoms with Crippen molar-refractivity contribution in [2.75, 3.05) is 20.2 Å². The average Bonchev–Trinajstić information content (AvgIpc) is 2.78. The maximum Gasteiger partial charge on any atom is 0.187 e. The molecule has 5 heteroatoms. The first-order chi connectivity index (χ1) is 14.1. The number of hydrogen-bond donors (Lipinski definition) is 2. The second kappa shape index (κ2) is 8.25. The van der Waals surface area contributed by atoms with Crippen molar-refractivity contribution in [2.24, 2.45) is 11.8 Å². The van der Waals surface area contributed by atoms with Crippen molar-refractivity contribution in [3.63, 3.8) is 0 Å².